The third-order valence-electron chi connectivity index (χ3n) is 3.46. The molecule has 1 aromatic carbocycles. The Morgan fingerprint density at radius 3 is 2.68 bits per heavy atom. The summed E-state index contributed by atoms with van der Waals surface area (Å²) in [7, 11) is -3.77. The monoisotopic (exact) mass is 326 g/mol. The average molecular weight is 326 g/mol. The van der Waals surface area contributed by atoms with Crippen LogP contribution in [0.15, 0.2) is 46.2 Å². The lowest BCUT2D eigenvalue weighted by molar-refractivity contribution is -0.109. The number of aliphatic hydroxyl groups excluding tert-OH is 1. The Labute approximate surface area is 131 Å². The highest BCUT2D eigenvalue weighted by Crippen LogP contribution is 2.26. The third-order valence-corrected chi connectivity index (χ3v) is 5.31. The summed E-state index contributed by atoms with van der Waals surface area (Å²) in [5.41, 5.74) is 0. The fourth-order valence-corrected chi connectivity index (χ4v) is 3.67. The van der Waals surface area contributed by atoms with Crippen LogP contribution in [-0.2, 0) is 19.3 Å². The molecule has 1 aromatic rings. The summed E-state index contributed by atoms with van der Waals surface area (Å²) in [6.45, 7) is 2.80. The van der Waals surface area contributed by atoms with Gasteiger partial charge in [0.2, 0.25) is 9.84 Å². The molecule has 2 unspecified atom stereocenters. The Morgan fingerprint density at radius 1 is 1.27 bits per heavy atom. The van der Waals surface area contributed by atoms with Gasteiger partial charge >= 0.3 is 0 Å². The van der Waals surface area contributed by atoms with Crippen molar-refractivity contribution in [3.05, 3.63) is 41.3 Å². The number of hydrogen-bond donors (Lipinski definition) is 1. The van der Waals surface area contributed by atoms with Crippen molar-refractivity contribution in [1.82, 2.24) is 0 Å². The molecule has 0 spiro atoms. The smallest absolute Gasteiger partial charge is 0.207 e. The van der Waals surface area contributed by atoms with E-state index in [1.54, 1.807) is 18.2 Å². The predicted octanol–water partition coefficient (Wildman–Crippen LogP) is 2.27. The van der Waals surface area contributed by atoms with E-state index in [4.69, 9.17) is 9.47 Å². The van der Waals surface area contributed by atoms with E-state index in [0.717, 1.165) is 19.3 Å². The van der Waals surface area contributed by atoms with Gasteiger partial charge in [-0.15, -0.1) is 0 Å². The molecule has 5 nitrogen and oxygen atoms in total. The summed E-state index contributed by atoms with van der Waals surface area (Å²) < 4.78 is 35.9. The second kappa shape index (κ2) is 7.87. The first-order valence-electron chi connectivity index (χ1n) is 7.49. The zero-order valence-electron chi connectivity index (χ0n) is 12.6. The highest BCUT2D eigenvalue weighted by atomic mass is 32.2. The van der Waals surface area contributed by atoms with Crippen molar-refractivity contribution in [2.24, 2.45) is 0 Å². The van der Waals surface area contributed by atoms with Gasteiger partial charge in [0.1, 0.15) is 11.0 Å². The summed E-state index contributed by atoms with van der Waals surface area (Å²) in [5.74, 6) is 0. The second-order valence-electron chi connectivity index (χ2n) is 5.19. The lowest BCUT2D eigenvalue weighted by Crippen LogP contribution is -2.33. The van der Waals surface area contributed by atoms with Gasteiger partial charge in [0.25, 0.3) is 0 Å². The maximum atomic E-state index is 12.6. The molecule has 0 saturated heterocycles. The number of aliphatic hydroxyl groups is 1. The van der Waals surface area contributed by atoms with Gasteiger partial charge in [0, 0.05) is 6.61 Å². The molecule has 1 aliphatic rings. The lowest BCUT2D eigenvalue weighted by Gasteiger charge is -2.26. The summed E-state index contributed by atoms with van der Waals surface area (Å²) >= 11 is 0. The number of unbranched alkanes of at least 4 members (excludes halogenated alkanes) is 2. The first-order chi connectivity index (χ1) is 10.6. The first-order valence-corrected chi connectivity index (χ1v) is 8.97. The van der Waals surface area contributed by atoms with Gasteiger partial charge in [-0.2, -0.15) is 0 Å². The van der Waals surface area contributed by atoms with E-state index >= 15 is 0 Å². The van der Waals surface area contributed by atoms with Crippen LogP contribution in [-0.4, -0.2) is 39.1 Å². The van der Waals surface area contributed by atoms with E-state index in [1.807, 2.05) is 0 Å². The Balaban J connectivity index is 2.14. The summed E-state index contributed by atoms with van der Waals surface area (Å²) in [6.07, 6.45) is 2.64. The van der Waals surface area contributed by atoms with Crippen LogP contribution in [0.4, 0.5) is 0 Å². The van der Waals surface area contributed by atoms with E-state index in [2.05, 4.69) is 6.92 Å². The second-order valence-corrected chi connectivity index (χ2v) is 7.14. The maximum Gasteiger partial charge on any atom is 0.207 e. The number of rotatable bonds is 7. The number of ether oxygens (including phenoxy) is 2. The molecule has 1 N–H and O–H groups in total. The third kappa shape index (κ3) is 4.16. The molecular weight excluding hydrogens is 304 g/mol. The molecule has 0 saturated carbocycles. The van der Waals surface area contributed by atoms with Crippen molar-refractivity contribution < 1.29 is 23.0 Å². The molecule has 22 heavy (non-hydrogen) atoms. The Hall–Kier alpha value is -1.21. The van der Waals surface area contributed by atoms with Crippen LogP contribution < -0.4 is 0 Å². The van der Waals surface area contributed by atoms with E-state index < -0.39 is 22.2 Å². The minimum absolute atomic E-state index is 0.135. The van der Waals surface area contributed by atoms with Gasteiger partial charge in [-0.1, -0.05) is 38.0 Å². The van der Waals surface area contributed by atoms with Crippen LogP contribution in [0.1, 0.15) is 26.2 Å². The zero-order valence-corrected chi connectivity index (χ0v) is 13.5. The van der Waals surface area contributed by atoms with Crippen molar-refractivity contribution >= 4 is 9.84 Å². The van der Waals surface area contributed by atoms with E-state index in [-0.39, 0.29) is 16.4 Å². The molecule has 0 amide bonds. The predicted molar refractivity (Wildman–Crippen MR) is 82.9 cm³/mol. The van der Waals surface area contributed by atoms with Crippen molar-refractivity contribution in [3.63, 3.8) is 0 Å². The zero-order chi connectivity index (χ0) is 16.0. The van der Waals surface area contributed by atoms with Gasteiger partial charge in [0.15, 0.2) is 6.29 Å². The van der Waals surface area contributed by atoms with Crippen molar-refractivity contribution in [3.8, 4) is 0 Å². The summed E-state index contributed by atoms with van der Waals surface area (Å²) in [5, 5.41) is 9.87. The van der Waals surface area contributed by atoms with Crippen molar-refractivity contribution in [2.75, 3.05) is 13.2 Å². The van der Waals surface area contributed by atoms with Crippen LogP contribution in [0, 0.1) is 0 Å². The minimum atomic E-state index is -3.77. The van der Waals surface area contributed by atoms with Gasteiger partial charge in [-0.3, -0.25) is 0 Å². The normalized spacial score (nSPS) is 22.4. The number of sulfone groups is 1. The Morgan fingerprint density at radius 2 is 2.00 bits per heavy atom. The molecule has 0 radical (unpaired) electrons. The standard InChI is InChI=1S/C16H22O5S/c1-2-3-7-10-20-13-11-15(16(17)21-12-13)22(18,19)14-8-5-4-6-9-14/h4-6,8-9,11,13,16-17H,2-3,7,10,12H2,1H3. The van der Waals surface area contributed by atoms with Gasteiger partial charge < -0.3 is 14.6 Å². The van der Waals surface area contributed by atoms with Gasteiger partial charge in [-0.25, -0.2) is 8.42 Å². The van der Waals surface area contributed by atoms with Crippen molar-refractivity contribution in [2.45, 2.75) is 43.5 Å². The molecule has 2 atom stereocenters. The molecule has 0 fully saturated rings. The summed E-state index contributed by atoms with van der Waals surface area (Å²) in [6, 6.07) is 8.01. The lowest BCUT2D eigenvalue weighted by atomic mass is 10.2. The molecule has 1 aliphatic heterocycles. The highest BCUT2D eigenvalue weighted by molar-refractivity contribution is 7.95. The van der Waals surface area contributed by atoms with E-state index in [9.17, 15) is 13.5 Å². The first kappa shape index (κ1) is 17.1. The number of benzene rings is 1. The molecule has 0 aromatic heterocycles. The molecule has 1 heterocycles. The Bertz CT molecular complexity index is 594. The Kier molecular flexibility index (Phi) is 6.14. The minimum Gasteiger partial charge on any atom is -0.372 e. The summed E-state index contributed by atoms with van der Waals surface area (Å²) in [4.78, 5) is -0.0130. The van der Waals surface area contributed by atoms with Crippen molar-refractivity contribution in [1.29, 1.82) is 0 Å². The highest BCUT2D eigenvalue weighted by Gasteiger charge is 2.32. The SMILES string of the molecule is CCCCCOC1C=C(S(=O)(=O)c2ccccc2)C(O)OC1. The average Bonchev–Trinajstić information content (AvgIpc) is 2.53. The number of hydrogen-bond acceptors (Lipinski definition) is 5. The van der Waals surface area contributed by atoms with Crippen LogP contribution >= 0.6 is 0 Å². The van der Waals surface area contributed by atoms with Crippen LogP contribution in [0.25, 0.3) is 0 Å². The van der Waals surface area contributed by atoms with Gasteiger partial charge in [-0.05, 0) is 24.6 Å². The molecule has 0 bridgehead atoms. The van der Waals surface area contributed by atoms with Gasteiger partial charge in [0.05, 0.1) is 11.5 Å². The maximum absolute atomic E-state index is 12.6. The largest absolute Gasteiger partial charge is 0.372 e. The fraction of sp³-hybridized carbons (Fsp3) is 0.500. The molecule has 0 aliphatic carbocycles. The molecular formula is C16H22O5S. The molecule has 122 valence electrons. The van der Waals surface area contributed by atoms with Crippen LogP contribution in [0.3, 0.4) is 0 Å². The van der Waals surface area contributed by atoms with E-state index in [0.29, 0.717) is 6.61 Å². The van der Waals surface area contributed by atoms with E-state index in [1.165, 1.54) is 18.2 Å². The molecule has 6 heteroatoms. The quantitative estimate of drug-likeness (QED) is 0.778. The molecule has 2 rings (SSSR count). The fourth-order valence-electron chi connectivity index (χ4n) is 2.22. The van der Waals surface area contributed by atoms with Crippen LogP contribution in [0.5, 0.6) is 0 Å². The van der Waals surface area contributed by atoms with Crippen LogP contribution in [0.2, 0.25) is 0 Å². The topological polar surface area (TPSA) is 72.8 Å².